The Balaban J connectivity index is 2.04. The van der Waals surface area contributed by atoms with Gasteiger partial charge in [-0.1, -0.05) is 42.0 Å². The van der Waals surface area contributed by atoms with Gasteiger partial charge in [-0.05, 0) is 43.2 Å². The molecule has 19 heavy (non-hydrogen) atoms. The zero-order valence-corrected chi connectivity index (χ0v) is 11.2. The van der Waals surface area contributed by atoms with Gasteiger partial charge >= 0.3 is 0 Å². The molecule has 0 atom stereocenters. The van der Waals surface area contributed by atoms with Crippen molar-refractivity contribution in [1.82, 2.24) is 0 Å². The zero-order chi connectivity index (χ0) is 13.7. The lowest BCUT2D eigenvalue weighted by molar-refractivity contribution is -0.111. The molecule has 96 valence electrons. The van der Waals surface area contributed by atoms with E-state index in [1.807, 2.05) is 55.5 Å². The highest BCUT2D eigenvalue weighted by Crippen LogP contribution is 2.12. The van der Waals surface area contributed by atoms with Crippen LogP contribution in [0.4, 0.5) is 5.69 Å². The number of rotatable bonds is 3. The van der Waals surface area contributed by atoms with Gasteiger partial charge in [-0.25, -0.2) is 0 Å². The van der Waals surface area contributed by atoms with Crippen LogP contribution < -0.4 is 5.32 Å². The number of carbonyl (C=O) groups excluding carboxylic acids is 1. The smallest absolute Gasteiger partial charge is 0.248 e. The Hall–Kier alpha value is -2.35. The van der Waals surface area contributed by atoms with E-state index in [0.29, 0.717) is 0 Å². The van der Waals surface area contributed by atoms with E-state index in [-0.39, 0.29) is 5.91 Å². The second kappa shape index (κ2) is 6.01. The lowest BCUT2D eigenvalue weighted by Gasteiger charge is -2.03. The summed E-state index contributed by atoms with van der Waals surface area (Å²) in [5, 5.41) is 2.82. The molecule has 2 aromatic rings. The number of anilines is 1. The second-order valence-electron chi connectivity index (χ2n) is 4.55. The van der Waals surface area contributed by atoms with Crippen molar-refractivity contribution in [1.29, 1.82) is 0 Å². The van der Waals surface area contributed by atoms with Gasteiger partial charge in [0.05, 0.1) is 0 Å². The number of carbonyl (C=O) groups is 1. The summed E-state index contributed by atoms with van der Waals surface area (Å²) in [4.78, 5) is 11.8. The summed E-state index contributed by atoms with van der Waals surface area (Å²) in [6.07, 6.45) is 3.40. The summed E-state index contributed by atoms with van der Waals surface area (Å²) in [6, 6.07) is 15.6. The van der Waals surface area contributed by atoms with Crippen LogP contribution in [0.1, 0.15) is 16.7 Å². The van der Waals surface area contributed by atoms with Gasteiger partial charge in [0, 0.05) is 11.8 Å². The SMILES string of the molecule is Cc1ccc(/C=C/C(=O)Nc2ccccc2)c(C)c1. The summed E-state index contributed by atoms with van der Waals surface area (Å²) < 4.78 is 0. The van der Waals surface area contributed by atoms with Crippen molar-refractivity contribution in [2.75, 3.05) is 5.32 Å². The van der Waals surface area contributed by atoms with E-state index in [2.05, 4.69) is 18.3 Å². The van der Waals surface area contributed by atoms with Crippen molar-refractivity contribution in [3.63, 3.8) is 0 Å². The highest BCUT2D eigenvalue weighted by atomic mass is 16.1. The van der Waals surface area contributed by atoms with Crippen LogP contribution in [-0.2, 0) is 4.79 Å². The molecular weight excluding hydrogens is 234 g/mol. The molecule has 0 unspecified atom stereocenters. The van der Waals surface area contributed by atoms with Gasteiger partial charge in [0.1, 0.15) is 0 Å². The van der Waals surface area contributed by atoms with Gasteiger partial charge in [-0.15, -0.1) is 0 Å². The Morgan fingerprint density at radius 2 is 1.79 bits per heavy atom. The molecule has 1 N–H and O–H groups in total. The average Bonchev–Trinajstić information content (AvgIpc) is 2.39. The Kier molecular flexibility index (Phi) is 4.14. The number of para-hydroxylation sites is 1. The van der Waals surface area contributed by atoms with Crippen molar-refractivity contribution in [3.8, 4) is 0 Å². The second-order valence-corrected chi connectivity index (χ2v) is 4.55. The normalized spacial score (nSPS) is 10.6. The molecule has 0 fully saturated rings. The number of amides is 1. The van der Waals surface area contributed by atoms with E-state index in [1.165, 1.54) is 11.1 Å². The molecule has 0 spiro atoms. The Labute approximate surface area is 113 Å². The predicted molar refractivity (Wildman–Crippen MR) is 80.0 cm³/mol. The minimum atomic E-state index is -0.119. The molecule has 1 amide bonds. The van der Waals surface area contributed by atoms with Crippen LogP contribution in [0.3, 0.4) is 0 Å². The number of benzene rings is 2. The van der Waals surface area contributed by atoms with Crippen LogP contribution >= 0.6 is 0 Å². The van der Waals surface area contributed by atoms with Crippen LogP contribution in [0.2, 0.25) is 0 Å². The monoisotopic (exact) mass is 251 g/mol. The van der Waals surface area contributed by atoms with Crippen LogP contribution in [-0.4, -0.2) is 5.91 Å². The number of hydrogen-bond acceptors (Lipinski definition) is 1. The van der Waals surface area contributed by atoms with Gasteiger partial charge in [0.15, 0.2) is 0 Å². The average molecular weight is 251 g/mol. The molecule has 0 aliphatic heterocycles. The van der Waals surface area contributed by atoms with Crippen LogP contribution in [0.25, 0.3) is 6.08 Å². The largest absolute Gasteiger partial charge is 0.323 e. The third-order valence-corrected chi connectivity index (χ3v) is 2.88. The summed E-state index contributed by atoms with van der Waals surface area (Å²) in [5.41, 5.74) is 4.26. The minimum Gasteiger partial charge on any atom is -0.323 e. The fourth-order valence-electron chi connectivity index (χ4n) is 1.88. The summed E-state index contributed by atoms with van der Waals surface area (Å²) in [7, 11) is 0. The topological polar surface area (TPSA) is 29.1 Å². The molecule has 0 saturated heterocycles. The van der Waals surface area contributed by atoms with Gasteiger partial charge < -0.3 is 5.32 Å². The van der Waals surface area contributed by atoms with Crippen LogP contribution in [0, 0.1) is 13.8 Å². The molecular formula is C17H17NO. The summed E-state index contributed by atoms with van der Waals surface area (Å²) in [6.45, 7) is 4.10. The molecule has 0 aromatic heterocycles. The van der Waals surface area contributed by atoms with Gasteiger partial charge in [-0.2, -0.15) is 0 Å². The van der Waals surface area contributed by atoms with Crippen molar-refractivity contribution >= 4 is 17.7 Å². The quantitative estimate of drug-likeness (QED) is 0.822. The lowest BCUT2D eigenvalue weighted by Crippen LogP contribution is -2.07. The highest BCUT2D eigenvalue weighted by Gasteiger charge is 1.98. The fourth-order valence-corrected chi connectivity index (χ4v) is 1.88. The highest BCUT2D eigenvalue weighted by molar-refractivity contribution is 6.01. The Morgan fingerprint density at radius 1 is 1.05 bits per heavy atom. The fraction of sp³-hybridized carbons (Fsp3) is 0.118. The zero-order valence-electron chi connectivity index (χ0n) is 11.2. The summed E-state index contributed by atoms with van der Waals surface area (Å²) >= 11 is 0. The van der Waals surface area contributed by atoms with Crippen molar-refractivity contribution < 1.29 is 4.79 Å². The predicted octanol–water partition coefficient (Wildman–Crippen LogP) is 3.96. The molecule has 2 nitrogen and oxygen atoms in total. The molecule has 0 aliphatic rings. The first kappa shape index (κ1) is 13.1. The Morgan fingerprint density at radius 3 is 2.47 bits per heavy atom. The molecule has 0 saturated carbocycles. The first-order valence-electron chi connectivity index (χ1n) is 6.26. The van der Waals surface area contributed by atoms with Gasteiger partial charge in [0.2, 0.25) is 5.91 Å². The molecule has 2 rings (SSSR count). The third kappa shape index (κ3) is 3.81. The summed E-state index contributed by atoms with van der Waals surface area (Å²) in [5.74, 6) is -0.119. The van der Waals surface area contributed by atoms with E-state index in [4.69, 9.17) is 0 Å². The molecule has 0 radical (unpaired) electrons. The van der Waals surface area contributed by atoms with E-state index in [1.54, 1.807) is 6.08 Å². The first-order chi connectivity index (χ1) is 9.15. The van der Waals surface area contributed by atoms with Crippen molar-refractivity contribution in [2.24, 2.45) is 0 Å². The van der Waals surface area contributed by atoms with Crippen molar-refractivity contribution in [2.45, 2.75) is 13.8 Å². The van der Waals surface area contributed by atoms with Gasteiger partial charge in [-0.3, -0.25) is 4.79 Å². The number of nitrogens with one attached hydrogen (secondary N) is 1. The molecule has 0 heterocycles. The lowest BCUT2D eigenvalue weighted by atomic mass is 10.1. The maximum atomic E-state index is 11.8. The van der Waals surface area contributed by atoms with Gasteiger partial charge in [0.25, 0.3) is 0 Å². The van der Waals surface area contributed by atoms with E-state index < -0.39 is 0 Å². The van der Waals surface area contributed by atoms with Crippen molar-refractivity contribution in [3.05, 3.63) is 71.3 Å². The van der Waals surface area contributed by atoms with Crippen LogP contribution in [0.5, 0.6) is 0 Å². The van der Waals surface area contributed by atoms with E-state index >= 15 is 0 Å². The molecule has 2 heteroatoms. The van der Waals surface area contributed by atoms with Crippen LogP contribution in [0.15, 0.2) is 54.6 Å². The van der Waals surface area contributed by atoms with E-state index in [0.717, 1.165) is 11.3 Å². The molecule has 0 aliphatic carbocycles. The first-order valence-corrected chi connectivity index (χ1v) is 6.26. The third-order valence-electron chi connectivity index (χ3n) is 2.88. The maximum Gasteiger partial charge on any atom is 0.248 e. The minimum absolute atomic E-state index is 0.119. The Bertz CT molecular complexity index is 600. The molecule has 0 bridgehead atoms. The van der Waals surface area contributed by atoms with E-state index in [9.17, 15) is 4.79 Å². The molecule has 2 aromatic carbocycles. The maximum absolute atomic E-state index is 11.8. The standard InChI is InChI=1S/C17H17NO/c1-13-8-9-15(14(2)12-13)10-11-17(19)18-16-6-4-3-5-7-16/h3-12H,1-2H3,(H,18,19)/b11-10+. The number of aryl methyl sites for hydroxylation is 2. The number of hydrogen-bond donors (Lipinski definition) is 1.